The molecule has 0 bridgehead atoms. The van der Waals surface area contributed by atoms with Gasteiger partial charge in [-0.15, -0.1) is 0 Å². The van der Waals surface area contributed by atoms with E-state index in [0.717, 1.165) is 24.3 Å². The van der Waals surface area contributed by atoms with Gasteiger partial charge < -0.3 is 10.6 Å². The molecule has 24 heavy (non-hydrogen) atoms. The average Bonchev–Trinajstić information content (AvgIpc) is 2.54. The van der Waals surface area contributed by atoms with E-state index in [1.165, 1.54) is 12.1 Å². The molecule has 2 N–H and O–H groups in total. The van der Waals surface area contributed by atoms with E-state index in [-0.39, 0.29) is 24.2 Å². The van der Waals surface area contributed by atoms with Crippen molar-refractivity contribution in [2.75, 3.05) is 11.9 Å². The van der Waals surface area contributed by atoms with Gasteiger partial charge in [-0.1, -0.05) is 12.1 Å². The fourth-order valence-corrected chi connectivity index (χ4v) is 1.89. The van der Waals surface area contributed by atoms with Crippen molar-refractivity contribution in [2.45, 2.75) is 6.42 Å². The highest BCUT2D eigenvalue weighted by atomic mass is 19.2. The minimum absolute atomic E-state index is 0.0200. The van der Waals surface area contributed by atoms with Gasteiger partial charge in [-0.3, -0.25) is 9.59 Å². The molecule has 0 aliphatic heterocycles. The van der Waals surface area contributed by atoms with Crippen LogP contribution in [0.5, 0.6) is 0 Å². The third kappa shape index (κ3) is 4.31. The van der Waals surface area contributed by atoms with Crippen LogP contribution >= 0.6 is 0 Å². The molecule has 0 aliphatic carbocycles. The number of halogens is 4. The van der Waals surface area contributed by atoms with Crippen LogP contribution in [-0.2, 0) is 16.0 Å². The van der Waals surface area contributed by atoms with Gasteiger partial charge in [-0.25, -0.2) is 17.6 Å². The van der Waals surface area contributed by atoms with E-state index in [9.17, 15) is 27.2 Å². The number of carbonyl (C=O) groups excluding carboxylic acids is 2. The van der Waals surface area contributed by atoms with Gasteiger partial charge in [0.2, 0.25) is 0 Å². The van der Waals surface area contributed by atoms with E-state index in [2.05, 4.69) is 10.6 Å². The van der Waals surface area contributed by atoms with Crippen LogP contribution in [0.1, 0.15) is 5.56 Å². The van der Waals surface area contributed by atoms with Gasteiger partial charge in [0.15, 0.2) is 23.3 Å². The summed E-state index contributed by atoms with van der Waals surface area (Å²) in [6.07, 6.45) is -0.0200. The normalized spacial score (nSPS) is 10.3. The van der Waals surface area contributed by atoms with Gasteiger partial charge in [0.25, 0.3) is 0 Å². The first-order valence-corrected chi connectivity index (χ1v) is 6.85. The predicted octanol–water partition coefficient (Wildman–Crippen LogP) is 2.54. The maximum absolute atomic E-state index is 13.4. The van der Waals surface area contributed by atoms with Crippen molar-refractivity contribution in [2.24, 2.45) is 0 Å². The smallest absolute Gasteiger partial charge is 0.313 e. The lowest BCUT2D eigenvalue weighted by Crippen LogP contribution is -2.36. The molecule has 0 unspecified atom stereocenters. The van der Waals surface area contributed by atoms with Crippen molar-refractivity contribution in [3.63, 3.8) is 0 Å². The minimum Gasteiger partial charge on any atom is -0.347 e. The highest BCUT2D eigenvalue weighted by Crippen LogP contribution is 2.13. The van der Waals surface area contributed by atoms with Crippen LogP contribution in [0.25, 0.3) is 0 Å². The van der Waals surface area contributed by atoms with Crippen LogP contribution in [0.3, 0.4) is 0 Å². The van der Waals surface area contributed by atoms with Crippen molar-refractivity contribution < 1.29 is 27.2 Å². The molecular weight excluding hydrogens is 328 g/mol. The Balaban J connectivity index is 1.86. The van der Waals surface area contributed by atoms with Crippen LogP contribution in [-0.4, -0.2) is 18.4 Å². The Morgan fingerprint density at radius 1 is 0.875 bits per heavy atom. The monoisotopic (exact) mass is 340 g/mol. The highest BCUT2D eigenvalue weighted by Gasteiger charge is 2.15. The van der Waals surface area contributed by atoms with E-state index in [0.29, 0.717) is 0 Å². The Morgan fingerprint density at radius 2 is 1.62 bits per heavy atom. The SMILES string of the molecule is O=C(NCCc1cccc(F)c1F)C(=O)Nc1ccc(F)c(F)c1. The number of amides is 2. The van der Waals surface area contributed by atoms with E-state index in [1.54, 1.807) is 0 Å². The molecule has 0 aromatic heterocycles. The van der Waals surface area contributed by atoms with Gasteiger partial charge >= 0.3 is 11.8 Å². The number of hydrogen-bond donors (Lipinski definition) is 2. The first kappa shape index (κ1) is 17.5. The zero-order chi connectivity index (χ0) is 17.7. The van der Waals surface area contributed by atoms with Crippen molar-refractivity contribution in [1.82, 2.24) is 5.32 Å². The van der Waals surface area contributed by atoms with Crippen LogP contribution < -0.4 is 10.6 Å². The number of anilines is 1. The summed E-state index contributed by atoms with van der Waals surface area (Å²) < 4.78 is 52.2. The van der Waals surface area contributed by atoms with Crippen LogP contribution in [0.2, 0.25) is 0 Å². The molecule has 0 saturated heterocycles. The number of hydrogen-bond acceptors (Lipinski definition) is 2. The molecule has 126 valence electrons. The van der Waals surface area contributed by atoms with E-state index < -0.39 is 35.1 Å². The molecule has 2 aromatic rings. The molecule has 0 radical (unpaired) electrons. The lowest BCUT2D eigenvalue weighted by atomic mass is 10.1. The van der Waals surface area contributed by atoms with Crippen molar-refractivity contribution >= 4 is 17.5 Å². The van der Waals surface area contributed by atoms with E-state index >= 15 is 0 Å². The second kappa shape index (κ2) is 7.58. The fourth-order valence-electron chi connectivity index (χ4n) is 1.89. The highest BCUT2D eigenvalue weighted by molar-refractivity contribution is 6.39. The third-order valence-electron chi connectivity index (χ3n) is 3.10. The average molecular weight is 340 g/mol. The van der Waals surface area contributed by atoms with Gasteiger partial charge in [-0.05, 0) is 30.2 Å². The molecule has 0 aliphatic rings. The van der Waals surface area contributed by atoms with Gasteiger partial charge in [0.1, 0.15) is 0 Å². The van der Waals surface area contributed by atoms with E-state index in [4.69, 9.17) is 0 Å². The molecule has 0 heterocycles. The van der Waals surface area contributed by atoms with Crippen LogP contribution in [0, 0.1) is 23.3 Å². The first-order valence-electron chi connectivity index (χ1n) is 6.85. The van der Waals surface area contributed by atoms with Crippen molar-refractivity contribution in [3.8, 4) is 0 Å². The zero-order valence-electron chi connectivity index (χ0n) is 12.2. The Morgan fingerprint density at radius 3 is 2.33 bits per heavy atom. The quantitative estimate of drug-likeness (QED) is 0.664. The molecule has 0 fully saturated rings. The molecule has 4 nitrogen and oxygen atoms in total. The molecule has 2 rings (SSSR count). The summed E-state index contributed by atoms with van der Waals surface area (Å²) in [4.78, 5) is 23.2. The molecular formula is C16H12F4N2O2. The summed E-state index contributed by atoms with van der Waals surface area (Å²) in [6.45, 7) is -0.107. The molecule has 0 saturated carbocycles. The van der Waals surface area contributed by atoms with Gasteiger partial charge in [-0.2, -0.15) is 0 Å². The van der Waals surface area contributed by atoms with Gasteiger partial charge in [0, 0.05) is 18.3 Å². The third-order valence-corrected chi connectivity index (χ3v) is 3.10. The standard InChI is InChI=1S/C16H12F4N2O2/c17-11-5-4-10(8-13(11)19)22-16(24)15(23)21-7-6-9-2-1-3-12(18)14(9)20/h1-5,8H,6-7H2,(H,21,23)(H,22,24). The van der Waals surface area contributed by atoms with E-state index in [1.807, 2.05) is 0 Å². The fraction of sp³-hybridized carbons (Fsp3) is 0.125. The Kier molecular flexibility index (Phi) is 5.51. The van der Waals surface area contributed by atoms with Crippen LogP contribution in [0.4, 0.5) is 23.2 Å². The topological polar surface area (TPSA) is 58.2 Å². The second-order valence-electron chi connectivity index (χ2n) is 4.80. The molecule has 2 amide bonds. The summed E-state index contributed by atoms with van der Waals surface area (Å²) in [5.74, 6) is -6.42. The maximum Gasteiger partial charge on any atom is 0.313 e. The summed E-state index contributed by atoms with van der Waals surface area (Å²) in [7, 11) is 0. The minimum atomic E-state index is -1.17. The zero-order valence-corrected chi connectivity index (χ0v) is 12.2. The number of benzene rings is 2. The second-order valence-corrected chi connectivity index (χ2v) is 4.80. The predicted molar refractivity (Wildman–Crippen MR) is 78.1 cm³/mol. The molecule has 0 spiro atoms. The summed E-state index contributed by atoms with van der Waals surface area (Å²) in [5.41, 5.74) is -0.0402. The molecule has 8 heteroatoms. The van der Waals surface area contributed by atoms with Crippen molar-refractivity contribution in [1.29, 1.82) is 0 Å². The maximum atomic E-state index is 13.4. The summed E-state index contributed by atoms with van der Waals surface area (Å²) in [6, 6.07) is 6.26. The Bertz CT molecular complexity index is 781. The number of carbonyl (C=O) groups is 2. The molecule has 2 aromatic carbocycles. The Labute approximate surface area is 134 Å². The summed E-state index contributed by atoms with van der Waals surface area (Å²) in [5, 5.41) is 4.30. The summed E-state index contributed by atoms with van der Waals surface area (Å²) >= 11 is 0. The first-order chi connectivity index (χ1) is 11.4. The Hall–Kier alpha value is -2.90. The molecule has 0 atom stereocenters. The van der Waals surface area contributed by atoms with Crippen molar-refractivity contribution in [3.05, 3.63) is 65.2 Å². The lowest BCUT2D eigenvalue weighted by Gasteiger charge is -2.07. The lowest BCUT2D eigenvalue weighted by molar-refractivity contribution is -0.136. The van der Waals surface area contributed by atoms with Crippen LogP contribution in [0.15, 0.2) is 36.4 Å². The largest absolute Gasteiger partial charge is 0.347 e. The number of nitrogens with one attached hydrogen (secondary N) is 2. The van der Waals surface area contributed by atoms with Gasteiger partial charge in [0.05, 0.1) is 0 Å². The number of rotatable bonds is 4.